The number of aliphatic hydroxyl groups is 1. The summed E-state index contributed by atoms with van der Waals surface area (Å²) in [6.45, 7) is 3.32. The van der Waals surface area contributed by atoms with Gasteiger partial charge in [0, 0.05) is 55.1 Å². The number of nitrogens with zero attached hydrogens (tertiary/aromatic N) is 2. The van der Waals surface area contributed by atoms with E-state index in [1.165, 1.54) is 28.3 Å². The summed E-state index contributed by atoms with van der Waals surface area (Å²) in [6, 6.07) is 2.21. The van der Waals surface area contributed by atoms with Crippen molar-refractivity contribution in [3.8, 4) is 0 Å². The second-order valence-electron chi connectivity index (χ2n) is 6.24. The van der Waals surface area contributed by atoms with Crippen LogP contribution in [0.2, 0.25) is 0 Å². The van der Waals surface area contributed by atoms with Gasteiger partial charge in [0.1, 0.15) is 0 Å². The number of rotatable bonds is 5. The van der Waals surface area contributed by atoms with E-state index < -0.39 is 0 Å². The van der Waals surface area contributed by atoms with E-state index in [9.17, 15) is 5.11 Å². The van der Waals surface area contributed by atoms with Gasteiger partial charge >= 0.3 is 0 Å². The normalized spacial score (nSPS) is 26.5. The molecule has 1 saturated heterocycles. The van der Waals surface area contributed by atoms with E-state index in [4.69, 9.17) is 0 Å². The molecule has 0 aromatic carbocycles. The van der Waals surface area contributed by atoms with Crippen molar-refractivity contribution in [3.63, 3.8) is 0 Å². The number of aliphatic hydroxyl groups excluding tert-OH is 1. The zero-order chi connectivity index (χ0) is 14.2. The van der Waals surface area contributed by atoms with Gasteiger partial charge in [0.05, 0.1) is 5.01 Å². The fraction of sp³-hybridized carbons (Fsp3) is 0.562. The SMILES string of the molecule is OC[C@@H]1CN(Cc2cnc(C3CC3)s2)C[C@H]1c1ccsc1. The molecule has 1 saturated carbocycles. The van der Waals surface area contributed by atoms with Crippen LogP contribution in [0.1, 0.15) is 40.1 Å². The van der Waals surface area contributed by atoms with Crippen LogP contribution in [0.3, 0.4) is 0 Å². The van der Waals surface area contributed by atoms with Crippen molar-refractivity contribution in [2.75, 3.05) is 19.7 Å². The van der Waals surface area contributed by atoms with Crippen molar-refractivity contribution in [1.82, 2.24) is 9.88 Å². The van der Waals surface area contributed by atoms with Crippen LogP contribution in [-0.4, -0.2) is 34.7 Å². The van der Waals surface area contributed by atoms with E-state index in [-0.39, 0.29) is 6.61 Å². The summed E-state index contributed by atoms with van der Waals surface area (Å²) < 4.78 is 0. The Labute approximate surface area is 133 Å². The number of thiophene rings is 1. The number of hydrogen-bond donors (Lipinski definition) is 1. The van der Waals surface area contributed by atoms with Crippen LogP contribution in [-0.2, 0) is 6.54 Å². The molecule has 0 amide bonds. The first-order valence-electron chi connectivity index (χ1n) is 7.63. The van der Waals surface area contributed by atoms with Gasteiger partial charge < -0.3 is 5.11 Å². The Morgan fingerprint density at radius 1 is 1.33 bits per heavy atom. The lowest BCUT2D eigenvalue weighted by molar-refractivity contribution is 0.214. The molecule has 0 radical (unpaired) electrons. The quantitative estimate of drug-likeness (QED) is 0.918. The molecule has 2 atom stereocenters. The molecule has 0 bridgehead atoms. The lowest BCUT2D eigenvalue weighted by Gasteiger charge is -2.14. The number of likely N-dealkylation sites (tertiary alicyclic amines) is 1. The van der Waals surface area contributed by atoms with Crippen LogP contribution in [0.15, 0.2) is 23.0 Å². The summed E-state index contributed by atoms with van der Waals surface area (Å²) in [4.78, 5) is 8.43. The van der Waals surface area contributed by atoms with Crippen molar-refractivity contribution in [2.24, 2.45) is 5.92 Å². The van der Waals surface area contributed by atoms with Crippen molar-refractivity contribution in [3.05, 3.63) is 38.5 Å². The fourth-order valence-corrected chi connectivity index (χ4v) is 5.13. The highest BCUT2D eigenvalue weighted by molar-refractivity contribution is 7.11. The first kappa shape index (κ1) is 13.9. The van der Waals surface area contributed by atoms with Crippen LogP contribution in [0.4, 0.5) is 0 Å². The maximum absolute atomic E-state index is 9.67. The average Bonchev–Trinajstić information content (AvgIpc) is 2.95. The zero-order valence-electron chi connectivity index (χ0n) is 11.9. The predicted molar refractivity (Wildman–Crippen MR) is 87.0 cm³/mol. The molecule has 2 aliphatic rings. The zero-order valence-corrected chi connectivity index (χ0v) is 13.6. The molecule has 2 aromatic heterocycles. The maximum Gasteiger partial charge on any atom is 0.0959 e. The lowest BCUT2D eigenvalue weighted by Crippen LogP contribution is -2.20. The number of hydrogen-bond acceptors (Lipinski definition) is 5. The molecule has 0 unspecified atom stereocenters. The molecule has 0 spiro atoms. The van der Waals surface area contributed by atoms with Gasteiger partial charge in [-0.15, -0.1) is 11.3 Å². The summed E-state index contributed by atoms with van der Waals surface area (Å²) in [5.41, 5.74) is 1.39. The highest BCUT2D eigenvalue weighted by Gasteiger charge is 2.34. The van der Waals surface area contributed by atoms with Gasteiger partial charge in [-0.3, -0.25) is 4.90 Å². The Balaban J connectivity index is 1.43. The third-order valence-corrected chi connectivity index (χ3v) is 6.45. The molecule has 112 valence electrons. The standard InChI is InChI=1S/C16H20N2OS2/c19-9-13-6-18(8-15(13)12-3-4-20-10-12)7-14-5-17-16(21-14)11-1-2-11/h3-5,10-11,13,15,19H,1-2,6-9H2/t13-,15-/m0/s1. The first-order valence-corrected chi connectivity index (χ1v) is 9.39. The highest BCUT2D eigenvalue weighted by atomic mass is 32.1. The molecule has 4 rings (SSSR count). The molecule has 2 aromatic rings. The van der Waals surface area contributed by atoms with Crippen LogP contribution < -0.4 is 0 Å². The molecule has 21 heavy (non-hydrogen) atoms. The molecular weight excluding hydrogens is 300 g/mol. The molecule has 3 nitrogen and oxygen atoms in total. The minimum absolute atomic E-state index is 0.285. The van der Waals surface area contributed by atoms with Crippen LogP contribution in [0, 0.1) is 5.92 Å². The second-order valence-corrected chi connectivity index (χ2v) is 8.17. The summed E-state index contributed by atoms with van der Waals surface area (Å²) in [5, 5.41) is 15.4. The summed E-state index contributed by atoms with van der Waals surface area (Å²) >= 11 is 3.63. The van der Waals surface area contributed by atoms with Gasteiger partial charge in [0.2, 0.25) is 0 Å². The van der Waals surface area contributed by atoms with Crippen molar-refractivity contribution >= 4 is 22.7 Å². The third-order valence-electron chi connectivity index (χ3n) is 4.60. The van der Waals surface area contributed by atoms with Gasteiger partial charge in [0.25, 0.3) is 0 Å². The van der Waals surface area contributed by atoms with E-state index in [0.717, 1.165) is 25.6 Å². The summed E-state index contributed by atoms with van der Waals surface area (Å²) in [7, 11) is 0. The molecule has 1 aliphatic heterocycles. The van der Waals surface area contributed by atoms with E-state index in [1.54, 1.807) is 11.3 Å². The van der Waals surface area contributed by atoms with Gasteiger partial charge in [0.15, 0.2) is 0 Å². The number of thiazole rings is 1. The highest BCUT2D eigenvalue weighted by Crippen LogP contribution is 2.42. The van der Waals surface area contributed by atoms with E-state index >= 15 is 0 Å². The summed E-state index contributed by atoms with van der Waals surface area (Å²) in [6.07, 6.45) is 4.71. The Bertz CT molecular complexity index is 591. The van der Waals surface area contributed by atoms with E-state index in [2.05, 4.69) is 32.9 Å². The largest absolute Gasteiger partial charge is 0.396 e. The monoisotopic (exact) mass is 320 g/mol. The van der Waals surface area contributed by atoms with Gasteiger partial charge in [-0.1, -0.05) is 0 Å². The molecule has 3 heterocycles. The number of aromatic nitrogens is 1. The first-order chi connectivity index (χ1) is 10.3. The van der Waals surface area contributed by atoms with Crippen molar-refractivity contribution in [1.29, 1.82) is 0 Å². The Kier molecular flexibility index (Phi) is 3.83. The van der Waals surface area contributed by atoms with E-state index in [1.807, 2.05) is 11.3 Å². The molecule has 1 N–H and O–H groups in total. The lowest BCUT2D eigenvalue weighted by atomic mass is 9.92. The average molecular weight is 320 g/mol. The molecule has 1 aliphatic carbocycles. The van der Waals surface area contributed by atoms with Gasteiger partial charge in [-0.25, -0.2) is 4.98 Å². The van der Waals surface area contributed by atoms with Crippen molar-refractivity contribution < 1.29 is 5.11 Å². The Hall–Kier alpha value is -0.750. The van der Waals surface area contributed by atoms with Crippen molar-refractivity contribution in [2.45, 2.75) is 31.2 Å². The fourth-order valence-electron chi connectivity index (χ4n) is 3.27. The second kappa shape index (κ2) is 5.80. The van der Waals surface area contributed by atoms with E-state index in [0.29, 0.717) is 11.8 Å². The van der Waals surface area contributed by atoms with Gasteiger partial charge in [-0.05, 0) is 35.2 Å². The molecular formula is C16H20N2OS2. The van der Waals surface area contributed by atoms with Crippen LogP contribution in [0.5, 0.6) is 0 Å². The minimum atomic E-state index is 0.285. The Morgan fingerprint density at radius 3 is 2.95 bits per heavy atom. The predicted octanol–water partition coefficient (Wildman–Crippen LogP) is 3.29. The molecule has 2 fully saturated rings. The smallest absolute Gasteiger partial charge is 0.0959 e. The third kappa shape index (κ3) is 2.93. The minimum Gasteiger partial charge on any atom is -0.396 e. The molecule has 5 heteroatoms. The van der Waals surface area contributed by atoms with Crippen LogP contribution in [0.25, 0.3) is 0 Å². The summed E-state index contributed by atoms with van der Waals surface area (Å²) in [5.74, 6) is 1.61. The Morgan fingerprint density at radius 2 is 2.24 bits per heavy atom. The topological polar surface area (TPSA) is 36.4 Å². The van der Waals surface area contributed by atoms with Crippen LogP contribution >= 0.6 is 22.7 Å². The van der Waals surface area contributed by atoms with Gasteiger partial charge in [-0.2, -0.15) is 11.3 Å². The maximum atomic E-state index is 9.67.